The molecule has 0 aliphatic carbocycles. The molecule has 4 nitrogen and oxygen atoms in total. The van der Waals surface area contributed by atoms with Crippen molar-refractivity contribution >= 4 is 5.95 Å². The van der Waals surface area contributed by atoms with E-state index in [0.717, 1.165) is 67.2 Å². The number of anilines is 1. The first kappa shape index (κ1) is 21.5. The molecule has 1 aliphatic heterocycles. The van der Waals surface area contributed by atoms with Gasteiger partial charge in [-0.1, -0.05) is 75.9 Å². The number of rotatable bonds is 7. The Morgan fingerprint density at radius 3 is 1.87 bits per heavy atom. The molecule has 4 rings (SSSR count). The van der Waals surface area contributed by atoms with Crippen LogP contribution in [0.3, 0.4) is 0 Å². The molecule has 0 saturated carbocycles. The SMILES string of the molecule is CCCc1cccc(-c2nnc(N3CCCCCC3)nc2-c2cccc(CCC)c2)c1. The maximum Gasteiger partial charge on any atom is 0.245 e. The molecule has 162 valence electrons. The van der Waals surface area contributed by atoms with E-state index in [0.29, 0.717) is 0 Å². The predicted molar refractivity (Wildman–Crippen MR) is 129 cm³/mol. The summed E-state index contributed by atoms with van der Waals surface area (Å²) < 4.78 is 0. The zero-order valence-corrected chi connectivity index (χ0v) is 19.0. The molecule has 3 aromatic rings. The summed E-state index contributed by atoms with van der Waals surface area (Å²) in [7, 11) is 0. The van der Waals surface area contributed by atoms with E-state index in [2.05, 4.69) is 72.4 Å². The quantitative estimate of drug-likeness (QED) is 0.443. The second-order valence-corrected chi connectivity index (χ2v) is 8.61. The van der Waals surface area contributed by atoms with Crippen LogP contribution >= 0.6 is 0 Å². The van der Waals surface area contributed by atoms with Crippen LogP contribution in [-0.4, -0.2) is 28.3 Å². The molecule has 2 heterocycles. The van der Waals surface area contributed by atoms with E-state index < -0.39 is 0 Å². The molecule has 0 bridgehead atoms. The summed E-state index contributed by atoms with van der Waals surface area (Å²) >= 11 is 0. The number of benzene rings is 2. The zero-order chi connectivity index (χ0) is 21.5. The molecule has 1 fully saturated rings. The highest BCUT2D eigenvalue weighted by molar-refractivity contribution is 5.78. The van der Waals surface area contributed by atoms with Crippen molar-refractivity contribution in [1.82, 2.24) is 15.2 Å². The molecule has 0 N–H and O–H groups in total. The molecular formula is C27H34N4. The van der Waals surface area contributed by atoms with Gasteiger partial charge in [-0.15, -0.1) is 10.2 Å². The zero-order valence-electron chi connectivity index (χ0n) is 19.0. The molecule has 31 heavy (non-hydrogen) atoms. The Morgan fingerprint density at radius 1 is 0.710 bits per heavy atom. The number of hydrogen-bond donors (Lipinski definition) is 0. The first-order valence-corrected chi connectivity index (χ1v) is 12.0. The fraction of sp³-hybridized carbons (Fsp3) is 0.444. The largest absolute Gasteiger partial charge is 0.340 e. The van der Waals surface area contributed by atoms with Gasteiger partial charge in [0.1, 0.15) is 11.4 Å². The Bertz CT molecular complexity index is 990. The third kappa shape index (κ3) is 5.30. The molecule has 0 amide bonds. The molecule has 0 unspecified atom stereocenters. The summed E-state index contributed by atoms with van der Waals surface area (Å²) in [5, 5.41) is 9.36. The summed E-state index contributed by atoms with van der Waals surface area (Å²) in [6, 6.07) is 17.5. The van der Waals surface area contributed by atoms with Crippen LogP contribution in [0, 0.1) is 0 Å². The summed E-state index contributed by atoms with van der Waals surface area (Å²) in [5.41, 5.74) is 6.74. The van der Waals surface area contributed by atoms with Crippen molar-refractivity contribution in [3.63, 3.8) is 0 Å². The molecule has 0 atom stereocenters. The van der Waals surface area contributed by atoms with Crippen molar-refractivity contribution in [1.29, 1.82) is 0 Å². The van der Waals surface area contributed by atoms with Crippen molar-refractivity contribution in [2.45, 2.75) is 65.2 Å². The number of aromatic nitrogens is 3. The number of hydrogen-bond acceptors (Lipinski definition) is 4. The lowest BCUT2D eigenvalue weighted by atomic mass is 9.99. The third-order valence-electron chi connectivity index (χ3n) is 6.04. The smallest absolute Gasteiger partial charge is 0.245 e. The number of nitrogens with zero attached hydrogens (tertiary/aromatic N) is 4. The van der Waals surface area contributed by atoms with Crippen molar-refractivity contribution in [2.24, 2.45) is 0 Å². The summed E-state index contributed by atoms with van der Waals surface area (Å²) in [5.74, 6) is 0.770. The Hall–Kier alpha value is -2.75. The van der Waals surface area contributed by atoms with Gasteiger partial charge in [-0.2, -0.15) is 0 Å². The van der Waals surface area contributed by atoms with Gasteiger partial charge in [-0.25, -0.2) is 4.98 Å². The van der Waals surface area contributed by atoms with Crippen molar-refractivity contribution < 1.29 is 0 Å². The molecule has 1 aromatic heterocycles. The van der Waals surface area contributed by atoms with E-state index in [9.17, 15) is 0 Å². The van der Waals surface area contributed by atoms with Crippen molar-refractivity contribution in [2.75, 3.05) is 18.0 Å². The molecule has 4 heteroatoms. The summed E-state index contributed by atoms with van der Waals surface area (Å²) in [6.45, 7) is 6.47. The molecule has 0 radical (unpaired) electrons. The molecular weight excluding hydrogens is 380 g/mol. The van der Waals surface area contributed by atoms with Crippen LogP contribution in [-0.2, 0) is 12.8 Å². The van der Waals surface area contributed by atoms with Gasteiger partial charge in [-0.3, -0.25) is 0 Å². The highest BCUT2D eigenvalue weighted by Crippen LogP contribution is 2.31. The third-order valence-corrected chi connectivity index (χ3v) is 6.04. The van der Waals surface area contributed by atoms with E-state index >= 15 is 0 Å². The summed E-state index contributed by atoms with van der Waals surface area (Å²) in [4.78, 5) is 7.43. The lowest BCUT2D eigenvalue weighted by Crippen LogP contribution is -2.26. The molecule has 0 spiro atoms. The monoisotopic (exact) mass is 414 g/mol. The van der Waals surface area contributed by atoms with Crippen LogP contribution in [0.4, 0.5) is 5.95 Å². The number of aryl methyl sites for hydroxylation is 2. The minimum absolute atomic E-state index is 0.770. The fourth-order valence-corrected chi connectivity index (χ4v) is 4.44. The summed E-state index contributed by atoms with van der Waals surface area (Å²) in [6.07, 6.45) is 9.39. The molecule has 2 aromatic carbocycles. The minimum atomic E-state index is 0.770. The highest BCUT2D eigenvalue weighted by atomic mass is 15.3. The average molecular weight is 415 g/mol. The topological polar surface area (TPSA) is 41.9 Å². The first-order chi connectivity index (χ1) is 15.3. The lowest BCUT2D eigenvalue weighted by molar-refractivity contribution is 0.726. The van der Waals surface area contributed by atoms with Gasteiger partial charge in [0.2, 0.25) is 5.95 Å². The second-order valence-electron chi connectivity index (χ2n) is 8.61. The maximum absolute atomic E-state index is 5.11. The molecule has 1 saturated heterocycles. The van der Waals surface area contributed by atoms with Gasteiger partial charge in [0.25, 0.3) is 0 Å². The lowest BCUT2D eigenvalue weighted by Gasteiger charge is -2.21. The van der Waals surface area contributed by atoms with E-state index in [1.165, 1.54) is 36.8 Å². The Kier molecular flexibility index (Phi) is 7.29. The van der Waals surface area contributed by atoms with Gasteiger partial charge in [0.05, 0.1) is 0 Å². The van der Waals surface area contributed by atoms with Crippen molar-refractivity contribution in [3.05, 3.63) is 59.7 Å². The van der Waals surface area contributed by atoms with E-state index in [-0.39, 0.29) is 0 Å². The Morgan fingerprint density at radius 2 is 1.29 bits per heavy atom. The predicted octanol–water partition coefficient (Wildman–Crippen LogP) is 6.49. The van der Waals surface area contributed by atoms with Crippen LogP contribution in [0.15, 0.2) is 48.5 Å². The van der Waals surface area contributed by atoms with Gasteiger partial charge in [0, 0.05) is 24.2 Å². The second kappa shape index (κ2) is 10.5. The van der Waals surface area contributed by atoms with Gasteiger partial charge >= 0.3 is 0 Å². The van der Waals surface area contributed by atoms with E-state index in [1.807, 2.05) is 0 Å². The van der Waals surface area contributed by atoms with E-state index in [1.54, 1.807) is 0 Å². The van der Waals surface area contributed by atoms with E-state index in [4.69, 9.17) is 10.1 Å². The fourth-order valence-electron chi connectivity index (χ4n) is 4.44. The van der Waals surface area contributed by atoms with Crippen LogP contribution in [0.25, 0.3) is 22.5 Å². The Labute approximate surface area is 186 Å². The van der Waals surface area contributed by atoms with Gasteiger partial charge < -0.3 is 4.90 Å². The first-order valence-electron chi connectivity index (χ1n) is 12.0. The maximum atomic E-state index is 5.11. The van der Waals surface area contributed by atoms with Crippen LogP contribution < -0.4 is 4.90 Å². The minimum Gasteiger partial charge on any atom is -0.340 e. The van der Waals surface area contributed by atoms with Crippen LogP contribution in [0.1, 0.15) is 63.5 Å². The highest BCUT2D eigenvalue weighted by Gasteiger charge is 2.18. The Balaban J connectivity index is 1.80. The normalized spacial score (nSPS) is 14.5. The van der Waals surface area contributed by atoms with Crippen LogP contribution in [0.5, 0.6) is 0 Å². The van der Waals surface area contributed by atoms with Gasteiger partial charge in [-0.05, 0) is 48.9 Å². The standard InChI is InChI=1S/C27H34N4/c1-3-11-21-13-9-15-23(19-21)25-26(24-16-10-14-22(20-24)12-4-2)29-30-27(28-25)31-17-7-5-6-8-18-31/h9-10,13-16,19-20H,3-8,11-12,17-18H2,1-2H3. The average Bonchev–Trinajstić information content (AvgIpc) is 3.09. The van der Waals surface area contributed by atoms with Crippen LogP contribution in [0.2, 0.25) is 0 Å². The molecule has 1 aliphatic rings. The van der Waals surface area contributed by atoms with Gasteiger partial charge in [0.15, 0.2) is 0 Å². The van der Waals surface area contributed by atoms with Crippen molar-refractivity contribution in [3.8, 4) is 22.5 Å².